The predicted molar refractivity (Wildman–Crippen MR) is 34.5 cm³/mol. The van der Waals surface area contributed by atoms with Gasteiger partial charge in [0.15, 0.2) is 0 Å². The van der Waals surface area contributed by atoms with Crippen molar-refractivity contribution in [2.45, 2.75) is 12.8 Å². The van der Waals surface area contributed by atoms with E-state index in [4.69, 9.17) is 0 Å². The van der Waals surface area contributed by atoms with Crippen LogP contribution in [0.4, 0.5) is 0 Å². The smallest absolute Gasteiger partial charge is 0.317 e. The molecule has 0 heterocycles. The Hall–Kier alpha value is -0.440. The monoisotopic (exact) mass is 132 g/mol. The lowest BCUT2D eigenvalue weighted by Crippen LogP contribution is -1.93. The summed E-state index contributed by atoms with van der Waals surface area (Å²) in [7, 11) is 0. The molecule has 0 spiro atoms. The van der Waals surface area contributed by atoms with E-state index in [-0.39, 0.29) is 5.97 Å². The van der Waals surface area contributed by atoms with E-state index in [1.807, 2.05) is 0 Å². The van der Waals surface area contributed by atoms with Crippen LogP contribution >= 0.6 is 12.9 Å². The summed E-state index contributed by atoms with van der Waals surface area (Å²) in [6, 6.07) is 0. The topological polar surface area (TPSA) is 26.3 Å². The second kappa shape index (κ2) is 4.71. The highest BCUT2D eigenvalue weighted by molar-refractivity contribution is 7.75. The van der Waals surface area contributed by atoms with Crippen molar-refractivity contribution in [3.63, 3.8) is 0 Å². The van der Waals surface area contributed by atoms with Gasteiger partial charge in [0.2, 0.25) is 0 Å². The first-order valence-electron chi connectivity index (χ1n) is 2.26. The number of hydrogen-bond donors (Lipinski definition) is 1. The van der Waals surface area contributed by atoms with Gasteiger partial charge >= 0.3 is 5.97 Å². The van der Waals surface area contributed by atoms with Crippen LogP contribution in [0, 0.1) is 0 Å². The summed E-state index contributed by atoms with van der Waals surface area (Å²) in [5.41, 5.74) is 0. The maximum atomic E-state index is 10.2. The molecule has 0 atom stereocenters. The fraction of sp³-hybridized carbons (Fsp3) is 0.400. The highest BCUT2D eigenvalue weighted by Crippen LogP contribution is 1.93. The lowest BCUT2D eigenvalue weighted by atomic mass is 10.3. The van der Waals surface area contributed by atoms with Gasteiger partial charge < -0.3 is 4.18 Å². The quantitative estimate of drug-likeness (QED) is 0.356. The summed E-state index contributed by atoms with van der Waals surface area (Å²) >= 11 is 3.30. The van der Waals surface area contributed by atoms with Crippen LogP contribution in [-0.2, 0) is 8.98 Å². The third kappa shape index (κ3) is 3.74. The van der Waals surface area contributed by atoms with Crippen molar-refractivity contribution in [1.82, 2.24) is 0 Å². The average Bonchev–Trinajstić information content (AvgIpc) is 1.83. The minimum atomic E-state index is -0.312. The SMILES string of the molecule is C=CCCC(=O)OS. The highest BCUT2D eigenvalue weighted by Gasteiger charge is 1.95. The zero-order valence-electron chi connectivity index (χ0n) is 4.46. The molecular formula is C5H8O2S. The van der Waals surface area contributed by atoms with Crippen molar-refractivity contribution in [2.75, 3.05) is 0 Å². The molecule has 0 rings (SSSR count). The molecule has 0 N–H and O–H groups in total. The van der Waals surface area contributed by atoms with Crippen LogP contribution in [0.25, 0.3) is 0 Å². The Morgan fingerprint density at radius 1 is 1.88 bits per heavy atom. The first kappa shape index (κ1) is 7.56. The van der Waals surface area contributed by atoms with Gasteiger partial charge in [0.05, 0.1) is 0 Å². The minimum Gasteiger partial charge on any atom is -0.395 e. The number of thiol groups is 1. The molecule has 0 aromatic carbocycles. The summed E-state index contributed by atoms with van der Waals surface area (Å²) in [6.45, 7) is 3.43. The Morgan fingerprint density at radius 3 is 2.88 bits per heavy atom. The molecule has 0 aromatic rings. The van der Waals surface area contributed by atoms with E-state index in [1.54, 1.807) is 6.08 Å². The third-order valence-corrected chi connectivity index (χ3v) is 0.858. The molecule has 2 nitrogen and oxygen atoms in total. The van der Waals surface area contributed by atoms with E-state index in [1.165, 1.54) is 0 Å². The second-order valence-electron chi connectivity index (χ2n) is 1.29. The van der Waals surface area contributed by atoms with Crippen LogP contribution in [0.5, 0.6) is 0 Å². The van der Waals surface area contributed by atoms with Crippen molar-refractivity contribution in [3.05, 3.63) is 12.7 Å². The van der Waals surface area contributed by atoms with Gasteiger partial charge in [0, 0.05) is 19.3 Å². The summed E-state index contributed by atoms with van der Waals surface area (Å²) in [6.07, 6.45) is 2.68. The zero-order valence-corrected chi connectivity index (χ0v) is 5.36. The predicted octanol–water partition coefficient (Wildman–Crippen LogP) is 1.34. The third-order valence-electron chi connectivity index (χ3n) is 0.654. The van der Waals surface area contributed by atoms with Crippen molar-refractivity contribution in [1.29, 1.82) is 0 Å². The Balaban J connectivity index is 3.11. The summed E-state index contributed by atoms with van der Waals surface area (Å²) in [5.74, 6) is -0.312. The molecule has 0 fully saturated rings. The van der Waals surface area contributed by atoms with Crippen LogP contribution in [0.2, 0.25) is 0 Å². The van der Waals surface area contributed by atoms with Crippen molar-refractivity contribution >= 4 is 18.9 Å². The van der Waals surface area contributed by atoms with E-state index in [0.29, 0.717) is 12.8 Å². The van der Waals surface area contributed by atoms with Crippen molar-refractivity contribution in [2.24, 2.45) is 0 Å². The minimum absolute atomic E-state index is 0.312. The van der Waals surface area contributed by atoms with Crippen LogP contribution in [0.1, 0.15) is 12.8 Å². The summed E-state index contributed by atoms with van der Waals surface area (Å²) < 4.78 is 4.06. The highest BCUT2D eigenvalue weighted by atomic mass is 32.1. The Labute approximate surface area is 54.1 Å². The normalized spacial score (nSPS) is 8.12. The van der Waals surface area contributed by atoms with E-state index >= 15 is 0 Å². The van der Waals surface area contributed by atoms with E-state index < -0.39 is 0 Å². The fourth-order valence-corrected chi connectivity index (χ4v) is 0.357. The van der Waals surface area contributed by atoms with E-state index in [0.717, 1.165) is 0 Å². The van der Waals surface area contributed by atoms with Gasteiger partial charge in [-0.05, 0) is 6.42 Å². The van der Waals surface area contributed by atoms with E-state index in [9.17, 15) is 4.79 Å². The fourth-order valence-electron chi connectivity index (χ4n) is 0.266. The molecule has 0 unspecified atom stereocenters. The molecule has 0 aliphatic rings. The summed E-state index contributed by atoms with van der Waals surface area (Å²) in [5, 5.41) is 0. The molecule has 0 aliphatic carbocycles. The van der Waals surface area contributed by atoms with Crippen LogP contribution < -0.4 is 0 Å². The van der Waals surface area contributed by atoms with Crippen LogP contribution in [0.15, 0.2) is 12.7 Å². The number of carbonyl (C=O) groups excluding carboxylic acids is 1. The number of rotatable bonds is 3. The Bertz CT molecular complexity index is 90.4. The van der Waals surface area contributed by atoms with Gasteiger partial charge in [-0.2, -0.15) is 0 Å². The van der Waals surface area contributed by atoms with Crippen LogP contribution in [0.3, 0.4) is 0 Å². The molecular weight excluding hydrogens is 124 g/mol. The lowest BCUT2D eigenvalue weighted by Gasteiger charge is -1.89. The zero-order chi connectivity index (χ0) is 6.41. The molecule has 0 radical (unpaired) electrons. The second-order valence-corrected chi connectivity index (χ2v) is 1.47. The Kier molecular flexibility index (Phi) is 4.45. The molecule has 0 aliphatic heterocycles. The molecule has 0 amide bonds. The van der Waals surface area contributed by atoms with Gasteiger partial charge in [-0.25, -0.2) is 0 Å². The van der Waals surface area contributed by atoms with Gasteiger partial charge in [-0.3, -0.25) is 4.79 Å². The maximum absolute atomic E-state index is 10.2. The maximum Gasteiger partial charge on any atom is 0.317 e. The standard InChI is InChI=1S/C5H8O2S/c1-2-3-4-5(6)7-8/h2,8H,1,3-4H2. The molecule has 0 saturated carbocycles. The largest absolute Gasteiger partial charge is 0.395 e. The van der Waals surface area contributed by atoms with Crippen molar-refractivity contribution < 1.29 is 8.98 Å². The lowest BCUT2D eigenvalue weighted by molar-refractivity contribution is -0.132. The number of hydrogen-bond acceptors (Lipinski definition) is 3. The molecule has 0 bridgehead atoms. The summed E-state index contributed by atoms with van der Waals surface area (Å²) in [4.78, 5) is 10.2. The number of allylic oxidation sites excluding steroid dienone is 1. The van der Waals surface area contributed by atoms with Crippen LogP contribution in [-0.4, -0.2) is 5.97 Å². The Morgan fingerprint density at radius 2 is 2.50 bits per heavy atom. The van der Waals surface area contributed by atoms with Gasteiger partial charge in [0.25, 0.3) is 0 Å². The van der Waals surface area contributed by atoms with E-state index in [2.05, 4.69) is 23.7 Å². The molecule has 3 heteroatoms. The van der Waals surface area contributed by atoms with Gasteiger partial charge in [-0.1, -0.05) is 6.08 Å². The molecule has 8 heavy (non-hydrogen) atoms. The first-order valence-corrected chi connectivity index (χ1v) is 2.63. The van der Waals surface area contributed by atoms with Gasteiger partial charge in [0.1, 0.15) is 0 Å². The van der Waals surface area contributed by atoms with Crippen molar-refractivity contribution in [3.8, 4) is 0 Å². The first-order chi connectivity index (χ1) is 3.81. The molecule has 0 aromatic heterocycles. The molecule has 46 valence electrons. The molecule has 0 saturated heterocycles. The number of carbonyl (C=O) groups is 1. The van der Waals surface area contributed by atoms with Gasteiger partial charge in [-0.15, -0.1) is 6.58 Å². The average molecular weight is 132 g/mol.